The van der Waals surface area contributed by atoms with E-state index in [2.05, 4.69) is 12.2 Å². The van der Waals surface area contributed by atoms with Crippen molar-refractivity contribution in [3.63, 3.8) is 0 Å². The molecular weight excluding hydrogens is 158 g/mol. The van der Waals surface area contributed by atoms with Gasteiger partial charge in [-0.15, -0.1) is 0 Å². The first kappa shape index (κ1) is 9.51. The first-order chi connectivity index (χ1) is 6.40. The van der Waals surface area contributed by atoms with Crippen molar-refractivity contribution in [3.05, 3.63) is 0 Å². The van der Waals surface area contributed by atoms with E-state index < -0.39 is 0 Å². The Morgan fingerprint density at radius 1 is 1.23 bits per heavy atom. The maximum atomic E-state index is 3.67. The molecule has 0 saturated heterocycles. The van der Waals surface area contributed by atoms with Crippen LogP contribution in [0.25, 0.3) is 0 Å². The van der Waals surface area contributed by atoms with Crippen molar-refractivity contribution in [1.29, 1.82) is 0 Å². The predicted octanol–water partition coefficient (Wildman–Crippen LogP) is 2.95. The van der Waals surface area contributed by atoms with Crippen LogP contribution in [0.1, 0.15) is 51.9 Å². The summed E-state index contributed by atoms with van der Waals surface area (Å²) >= 11 is 0. The molecule has 2 aliphatic rings. The van der Waals surface area contributed by atoms with E-state index in [4.69, 9.17) is 0 Å². The minimum absolute atomic E-state index is 0.861. The molecule has 1 unspecified atom stereocenters. The van der Waals surface area contributed by atoms with Crippen LogP contribution in [-0.4, -0.2) is 12.6 Å². The van der Waals surface area contributed by atoms with Gasteiger partial charge in [0.2, 0.25) is 0 Å². The van der Waals surface area contributed by atoms with Crippen molar-refractivity contribution >= 4 is 0 Å². The Morgan fingerprint density at radius 2 is 2.00 bits per heavy atom. The highest BCUT2D eigenvalue weighted by molar-refractivity contribution is 4.84. The summed E-state index contributed by atoms with van der Waals surface area (Å²) in [6.45, 7) is 3.40. The molecule has 1 N–H and O–H groups in total. The van der Waals surface area contributed by atoms with Crippen molar-refractivity contribution in [2.45, 2.75) is 57.9 Å². The van der Waals surface area contributed by atoms with Gasteiger partial charge in [-0.1, -0.05) is 26.2 Å². The summed E-state index contributed by atoms with van der Waals surface area (Å²) in [6.07, 6.45) is 10.4. The monoisotopic (exact) mass is 181 g/mol. The van der Waals surface area contributed by atoms with Crippen molar-refractivity contribution in [2.75, 3.05) is 6.54 Å². The fourth-order valence-electron chi connectivity index (χ4n) is 2.43. The van der Waals surface area contributed by atoms with Crippen LogP contribution < -0.4 is 5.32 Å². The van der Waals surface area contributed by atoms with E-state index >= 15 is 0 Å². The Bertz CT molecular complexity index is 147. The molecule has 1 nitrogen and oxygen atoms in total. The van der Waals surface area contributed by atoms with E-state index in [-0.39, 0.29) is 0 Å². The van der Waals surface area contributed by atoms with Crippen LogP contribution in [0.4, 0.5) is 0 Å². The lowest BCUT2D eigenvalue weighted by molar-refractivity contribution is 0.217. The van der Waals surface area contributed by atoms with E-state index in [1.54, 1.807) is 0 Å². The van der Waals surface area contributed by atoms with Crippen LogP contribution in [-0.2, 0) is 0 Å². The Hall–Kier alpha value is -0.0400. The molecule has 76 valence electrons. The average molecular weight is 181 g/mol. The first-order valence-electron chi connectivity index (χ1n) is 6.13. The highest BCUT2D eigenvalue weighted by Crippen LogP contribution is 2.37. The predicted molar refractivity (Wildman–Crippen MR) is 56.8 cm³/mol. The zero-order chi connectivity index (χ0) is 9.10. The lowest BCUT2D eigenvalue weighted by Gasteiger charge is -2.34. The van der Waals surface area contributed by atoms with Gasteiger partial charge in [-0.3, -0.25) is 0 Å². The Morgan fingerprint density at radius 3 is 2.46 bits per heavy atom. The molecule has 0 amide bonds. The third-order valence-electron chi connectivity index (χ3n) is 3.77. The zero-order valence-electron chi connectivity index (χ0n) is 8.89. The van der Waals surface area contributed by atoms with Crippen LogP contribution in [0, 0.1) is 11.8 Å². The molecule has 0 radical (unpaired) electrons. The Kier molecular flexibility index (Phi) is 3.26. The molecule has 1 atom stereocenters. The van der Waals surface area contributed by atoms with E-state index in [1.807, 2.05) is 0 Å². The molecule has 0 aromatic heterocycles. The largest absolute Gasteiger partial charge is 0.314 e. The van der Waals surface area contributed by atoms with Gasteiger partial charge in [0.25, 0.3) is 0 Å². The lowest BCUT2D eigenvalue weighted by Crippen LogP contribution is -2.39. The molecule has 13 heavy (non-hydrogen) atoms. The molecule has 2 aliphatic carbocycles. The molecule has 2 fully saturated rings. The molecule has 0 aromatic rings. The summed E-state index contributed by atoms with van der Waals surface area (Å²) in [6, 6.07) is 0.861. The van der Waals surface area contributed by atoms with Crippen molar-refractivity contribution in [1.82, 2.24) is 5.32 Å². The van der Waals surface area contributed by atoms with Gasteiger partial charge in [0, 0.05) is 6.04 Å². The fourth-order valence-corrected chi connectivity index (χ4v) is 2.43. The molecule has 0 aliphatic heterocycles. The third-order valence-corrected chi connectivity index (χ3v) is 3.77. The quantitative estimate of drug-likeness (QED) is 0.664. The SMILES string of the molecule is CCNC(CCC1CC1)C1CCC1. The second kappa shape index (κ2) is 4.45. The van der Waals surface area contributed by atoms with Crippen LogP contribution in [0.3, 0.4) is 0 Å². The third kappa shape index (κ3) is 2.70. The minimum atomic E-state index is 0.861. The molecule has 2 rings (SSSR count). The topological polar surface area (TPSA) is 12.0 Å². The number of hydrogen-bond acceptors (Lipinski definition) is 1. The van der Waals surface area contributed by atoms with Gasteiger partial charge in [-0.25, -0.2) is 0 Å². The fraction of sp³-hybridized carbons (Fsp3) is 1.00. The van der Waals surface area contributed by atoms with Gasteiger partial charge in [0.05, 0.1) is 0 Å². The lowest BCUT2D eigenvalue weighted by atomic mass is 9.78. The summed E-state index contributed by atoms with van der Waals surface area (Å²) in [5.41, 5.74) is 0. The molecule has 0 aromatic carbocycles. The summed E-state index contributed by atoms with van der Waals surface area (Å²) in [5.74, 6) is 2.14. The first-order valence-corrected chi connectivity index (χ1v) is 6.13. The molecule has 1 heteroatoms. The van der Waals surface area contributed by atoms with Crippen LogP contribution in [0.5, 0.6) is 0 Å². The van der Waals surface area contributed by atoms with Crippen molar-refractivity contribution in [2.24, 2.45) is 11.8 Å². The number of nitrogens with one attached hydrogen (secondary N) is 1. The van der Waals surface area contributed by atoms with E-state index in [9.17, 15) is 0 Å². The second-order valence-electron chi connectivity index (χ2n) is 4.88. The maximum Gasteiger partial charge on any atom is 0.00953 e. The second-order valence-corrected chi connectivity index (χ2v) is 4.88. The van der Waals surface area contributed by atoms with Gasteiger partial charge < -0.3 is 5.32 Å². The molecular formula is C12H23N. The molecule has 0 spiro atoms. The average Bonchev–Trinajstić information content (AvgIpc) is 2.80. The van der Waals surface area contributed by atoms with Crippen LogP contribution in [0.15, 0.2) is 0 Å². The van der Waals surface area contributed by atoms with Crippen molar-refractivity contribution in [3.8, 4) is 0 Å². The van der Waals surface area contributed by atoms with E-state index in [0.29, 0.717) is 0 Å². The van der Waals surface area contributed by atoms with Crippen molar-refractivity contribution < 1.29 is 0 Å². The smallest absolute Gasteiger partial charge is 0.00953 e. The minimum Gasteiger partial charge on any atom is -0.314 e. The highest BCUT2D eigenvalue weighted by Gasteiger charge is 2.28. The van der Waals surface area contributed by atoms with E-state index in [1.165, 1.54) is 44.9 Å². The van der Waals surface area contributed by atoms with Gasteiger partial charge in [-0.2, -0.15) is 0 Å². The number of rotatable bonds is 6. The number of hydrogen-bond donors (Lipinski definition) is 1. The maximum absolute atomic E-state index is 3.67. The summed E-state index contributed by atoms with van der Waals surface area (Å²) < 4.78 is 0. The van der Waals surface area contributed by atoms with Crippen LogP contribution >= 0.6 is 0 Å². The van der Waals surface area contributed by atoms with E-state index in [0.717, 1.165) is 24.4 Å². The standard InChI is InChI=1S/C12H23N/c1-2-13-12(11-4-3-5-11)9-8-10-6-7-10/h10-13H,2-9H2,1H3. The molecule has 0 bridgehead atoms. The summed E-state index contributed by atoms with van der Waals surface area (Å²) in [5, 5.41) is 3.67. The van der Waals surface area contributed by atoms with Crippen LogP contribution in [0.2, 0.25) is 0 Å². The van der Waals surface area contributed by atoms with Gasteiger partial charge in [-0.05, 0) is 44.1 Å². The molecule has 2 saturated carbocycles. The normalized spacial score (nSPS) is 25.6. The van der Waals surface area contributed by atoms with Gasteiger partial charge in [0.1, 0.15) is 0 Å². The Balaban J connectivity index is 1.67. The highest BCUT2D eigenvalue weighted by atomic mass is 14.9. The van der Waals surface area contributed by atoms with Gasteiger partial charge in [0.15, 0.2) is 0 Å². The Labute approximate surface area is 82.3 Å². The van der Waals surface area contributed by atoms with Gasteiger partial charge >= 0.3 is 0 Å². The zero-order valence-corrected chi connectivity index (χ0v) is 8.89. The summed E-state index contributed by atoms with van der Waals surface area (Å²) in [4.78, 5) is 0. The molecule has 0 heterocycles. The summed E-state index contributed by atoms with van der Waals surface area (Å²) in [7, 11) is 0.